The van der Waals surface area contributed by atoms with Crippen molar-refractivity contribution in [2.24, 2.45) is 0 Å². The highest BCUT2D eigenvalue weighted by Crippen LogP contribution is 2.31. The molecular formula is C29H29ClN4O3S. The molecule has 0 saturated carbocycles. The van der Waals surface area contributed by atoms with E-state index in [2.05, 4.69) is 45.4 Å². The quantitative estimate of drug-likeness (QED) is 0.469. The summed E-state index contributed by atoms with van der Waals surface area (Å²) in [7, 11) is 0. The van der Waals surface area contributed by atoms with Crippen LogP contribution in [0.3, 0.4) is 0 Å². The van der Waals surface area contributed by atoms with Crippen LogP contribution in [-0.2, 0) is 29.2 Å². The van der Waals surface area contributed by atoms with Gasteiger partial charge in [0.05, 0.1) is 0 Å². The summed E-state index contributed by atoms with van der Waals surface area (Å²) in [5, 5.41) is 3.12. The second-order valence-electron chi connectivity index (χ2n) is 10.2. The smallest absolute Gasteiger partial charge is 0.255 e. The van der Waals surface area contributed by atoms with Gasteiger partial charge in [0.1, 0.15) is 6.04 Å². The predicted molar refractivity (Wildman–Crippen MR) is 148 cm³/mol. The first-order valence-corrected chi connectivity index (χ1v) is 14.2. The van der Waals surface area contributed by atoms with Crippen molar-refractivity contribution in [2.75, 3.05) is 26.2 Å². The molecule has 1 aromatic heterocycles. The number of fused-ring (bicyclic) bond motifs is 1. The van der Waals surface area contributed by atoms with Crippen LogP contribution in [0.2, 0.25) is 5.02 Å². The van der Waals surface area contributed by atoms with Gasteiger partial charge in [-0.25, -0.2) is 0 Å². The fraction of sp³-hybridized carbons (Fsp3) is 0.345. The first-order valence-electron chi connectivity index (χ1n) is 13.0. The van der Waals surface area contributed by atoms with Crippen molar-refractivity contribution in [2.45, 2.75) is 38.5 Å². The molecule has 0 spiro atoms. The van der Waals surface area contributed by atoms with Crippen molar-refractivity contribution in [1.29, 1.82) is 0 Å². The van der Waals surface area contributed by atoms with Crippen LogP contribution in [0.1, 0.15) is 39.2 Å². The number of piperidine rings is 1. The number of hydrogen-bond acceptors (Lipinski definition) is 6. The zero-order valence-corrected chi connectivity index (χ0v) is 22.6. The molecule has 9 heteroatoms. The van der Waals surface area contributed by atoms with E-state index in [0.717, 1.165) is 49.9 Å². The Kier molecular flexibility index (Phi) is 7.05. The monoisotopic (exact) mass is 548 g/mol. The number of halogens is 1. The van der Waals surface area contributed by atoms with Gasteiger partial charge in [-0.3, -0.25) is 29.5 Å². The maximum Gasteiger partial charge on any atom is 0.255 e. The van der Waals surface area contributed by atoms with E-state index in [1.54, 1.807) is 4.90 Å². The van der Waals surface area contributed by atoms with E-state index < -0.39 is 6.04 Å². The molecule has 3 aromatic rings. The van der Waals surface area contributed by atoms with Crippen molar-refractivity contribution >= 4 is 40.7 Å². The van der Waals surface area contributed by atoms with Gasteiger partial charge in [-0.2, -0.15) is 0 Å². The van der Waals surface area contributed by atoms with E-state index in [1.807, 2.05) is 35.6 Å². The van der Waals surface area contributed by atoms with Crippen LogP contribution in [0, 0.1) is 0 Å². The number of imide groups is 1. The number of rotatable bonds is 6. The van der Waals surface area contributed by atoms with E-state index in [0.29, 0.717) is 18.5 Å². The summed E-state index contributed by atoms with van der Waals surface area (Å²) < 4.78 is 0. The summed E-state index contributed by atoms with van der Waals surface area (Å²) in [4.78, 5) is 45.9. The molecule has 38 heavy (non-hydrogen) atoms. The zero-order valence-electron chi connectivity index (χ0n) is 21.0. The van der Waals surface area contributed by atoms with Crippen LogP contribution >= 0.6 is 22.9 Å². The van der Waals surface area contributed by atoms with E-state index in [1.165, 1.54) is 20.9 Å². The zero-order chi connectivity index (χ0) is 26.2. The largest absolute Gasteiger partial charge is 0.322 e. The number of carbonyl (C=O) groups excluding carboxylic acids is 3. The Morgan fingerprint density at radius 2 is 1.63 bits per heavy atom. The molecule has 3 amide bonds. The summed E-state index contributed by atoms with van der Waals surface area (Å²) >= 11 is 7.86. The van der Waals surface area contributed by atoms with Gasteiger partial charge in [0.15, 0.2) is 0 Å². The lowest BCUT2D eigenvalue weighted by atomic mass is 10.0. The van der Waals surface area contributed by atoms with Crippen LogP contribution in [0.5, 0.6) is 0 Å². The number of piperazine rings is 1. The number of carbonyl (C=O) groups is 3. The maximum absolute atomic E-state index is 12.9. The highest BCUT2D eigenvalue weighted by atomic mass is 35.5. The average Bonchev–Trinajstić information content (AvgIpc) is 3.50. The third kappa shape index (κ3) is 5.27. The SMILES string of the molecule is O=C1CCC(N2Cc3cc(CN4CCN(Cc5ccc(-c6ccc(Cl)cc6)s5)CC4)ccc3C2=O)C(=O)N1. The number of benzene rings is 2. The summed E-state index contributed by atoms with van der Waals surface area (Å²) in [6, 6.07) is 17.9. The highest BCUT2D eigenvalue weighted by Gasteiger charge is 2.39. The Hall–Kier alpha value is -3.04. The molecule has 1 N–H and O–H groups in total. The minimum absolute atomic E-state index is 0.123. The molecule has 3 aliphatic heterocycles. The van der Waals surface area contributed by atoms with Gasteiger partial charge in [0.2, 0.25) is 11.8 Å². The second-order valence-corrected chi connectivity index (χ2v) is 11.8. The molecule has 2 fully saturated rings. The minimum atomic E-state index is -0.574. The highest BCUT2D eigenvalue weighted by molar-refractivity contribution is 7.15. The molecule has 196 valence electrons. The Labute approximate surface area is 231 Å². The second kappa shape index (κ2) is 10.6. The van der Waals surface area contributed by atoms with Crippen LogP contribution in [0.25, 0.3) is 10.4 Å². The van der Waals surface area contributed by atoms with Crippen molar-refractivity contribution in [3.8, 4) is 10.4 Å². The van der Waals surface area contributed by atoms with Gasteiger partial charge in [0.25, 0.3) is 5.91 Å². The van der Waals surface area contributed by atoms with Crippen molar-refractivity contribution in [1.82, 2.24) is 20.0 Å². The topological polar surface area (TPSA) is 73.0 Å². The molecule has 7 nitrogen and oxygen atoms in total. The van der Waals surface area contributed by atoms with Crippen LogP contribution < -0.4 is 5.32 Å². The van der Waals surface area contributed by atoms with Gasteiger partial charge in [-0.05, 0) is 53.4 Å². The molecule has 0 aliphatic carbocycles. The molecule has 6 rings (SSSR count). The summed E-state index contributed by atoms with van der Waals surface area (Å²) in [6.07, 6.45) is 0.652. The molecule has 0 bridgehead atoms. The first-order chi connectivity index (χ1) is 18.4. The maximum atomic E-state index is 12.9. The molecule has 0 radical (unpaired) electrons. The van der Waals surface area contributed by atoms with E-state index in [-0.39, 0.29) is 24.1 Å². The molecule has 4 heterocycles. The molecule has 3 aliphatic rings. The first kappa shape index (κ1) is 25.2. The number of nitrogens with one attached hydrogen (secondary N) is 1. The lowest BCUT2D eigenvalue weighted by Crippen LogP contribution is -2.52. The minimum Gasteiger partial charge on any atom is -0.322 e. The van der Waals surface area contributed by atoms with Crippen LogP contribution in [-0.4, -0.2) is 64.6 Å². The van der Waals surface area contributed by atoms with Crippen LogP contribution in [0.15, 0.2) is 54.6 Å². The molecule has 2 aromatic carbocycles. The van der Waals surface area contributed by atoms with Gasteiger partial charge >= 0.3 is 0 Å². The molecule has 1 unspecified atom stereocenters. The molecule has 1 atom stereocenters. The predicted octanol–water partition coefficient (Wildman–Crippen LogP) is 4.15. The fourth-order valence-electron chi connectivity index (χ4n) is 5.54. The van der Waals surface area contributed by atoms with E-state index >= 15 is 0 Å². The van der Waals surface area contributed by atoms with Gasteiger partial charge < -0.3 is 4.90 Å². The normalized spacial score (nSPS) is 20.6. The number of hydrogen-bond donors (Lipinski definition) is 1. The van der Waals surface area contributed by atoms with Crippen LogP contribution in [0.4, 0.5) is 0 Å². The van der Waals surface area contributed by atoms with Gasteiger partial charge in [-0.1, -0.05) is 35.9 Å². The summed E-state index contributed by atoms with van der Waals surface area (Å²) in [5.41, 5.74) is 4.01. The van der Waals surface area contributed by atoms with Crippen molar-refractivity contribution < 1.29 is 14.4 Å². The fourth-order valence-corrected chi connectivity index (χ4v) is 6.72. The Bertz CT molecular complexity index is 1380. The lowest BCUT2D eigenvalue weighted by Gasteiger charge is -2.34. The van der Waals surface area contributed by atoms with Crippen molar-refractivity contribution in [3.63, 3.8) is 0 Å². The third-order valence-corrected chi connectivity index (χ3v) is 9.00. The number of nitrogens with zero attached hydrogens (tertiary/aromatic N) is 3. The lowest BCUT2D eigenvalue weighted by molar-refractivity contribution is -0.136. The molecular weight excluding hydrogens is 520 g/mol. The summed E-state index contributed by atoms with van der Waals surface area (Å²) in [5.74, 6) is -0.761. The third-order valence-electron chi connectivity index (χ3n) is 7.63. The Balaban J connectivity index is 1.02. The standard InChI is InChI=1S/C29H29ClN4O3S/c30-22-4-2-20(3-5-22)26-9-6-23(38-26)18-33-13-11-32(12-14-33)16-19-1-7-24-21(15-19)17-34(29(24)37)25-8-10-27(35)31-28(25)36/h1-7,9,15,25H,8,10-14,16-18H2,(H,31,35,36). The van der Waals surface area contributed by atoms with E-state index in [4.69, 9.17) is 11.6 Å². The van der Waals surface area contributed by atoms with Gasteiger partial charge in [-0.15, -0.1) is 11.3 Å². The van der Waals surface area contributed by atoms with E-state index in [9.17, 15) is 14.4 Å². The number of thiophene rings is 1. The number of amides is 3. The molecule has 2 saturated heterocycles. The van der Waals surface area contributed by atoms with Crippen molar-refractivity contribution in [3.05, 3.63) is 81.2 Å². The Morgan fingerprint density at radius 3 is 2.37 bits per heavy atom. The average molecular weight is 549 g/mol. The van der Waals surface area contributed by atoms with Gasteiger partial charge in [0, 0.05) is 72.6 Å². The Morgan fingerprint density at radius 1 is 0.895 bits per heavy atom. The summed E-state index contributed by atoms with van der Waals surface area (Å²) in [6.45, 7) is 6.24.